The molecular weight excluding hydrogens is 220 g/mol. The fraction of sp³-hybridized carbons (Fsp3) is 0.417. The van der Waals surface area contributed by atoms with Gasteiger partial charge in [-0.1, -0.05) is 0 Å². The number of pyridine rings is 1. The second kappa shape index (κ2) is 5.43. The Morgan fingerprint density at radius 2 is 2.06 bits per heavy atom. The largest absolute Gasteiger partial charge is 0.462 e. The molecule has 0 aliphatic rings. The zero-order valence-corrected chi connectivity index (χ0v) is 10.5. The van der Waals surface area contributed by atoms with Gasteiger partial charge in [0, 0.05) is 12.6 Å². The molecule has 1 aromatic rings. The number of aryl methyl sites for hydroxylation is 2. The van der Waals surface area contributed by atoms with Crippen molar-refractivity contribution in [2.75, 3.05) is 11.9 Å². The second-order valence-corrected chi connectivity index (χ2v) is 3.71. The molecule has 0 unspecified atom stereocenters. The number of nitrogens with one attached hydrogen (secondary N) is 1. The molecular formula is C12H16N2O3. The lowest BCUT2D eigenvalue weighted by atomic mass is 10.1. The van der Waals surface area contributed by atoms with Crippen LogP contribution >= 0.6 is 0 Å². The first-order chi connectivity index (χ1) is 7.95. The summed E-state index contributed by atoms with van der Waals surface area (Å²) in [6.07, 6.45) is 0. The van der Waals surface area contributed by atoms with Gasteiger partial charge in [-0.15, -0.1) is 0 Å². The Morgan fingerprint density at radius 1 is 1.41 bits per heavy atom. The van der Waals surface area contributed by atoms with Gasteiger partial charge in [0.2, 0.25) is 5.91 Å². The van der Waals surface area contributed by atoms with Gasteiger partial charge in [0.25, 0.3) is 0 Å². The van der Waals surface area contributed by atoms with Crippen molar-refractivity contribution in [2.45, 2.75) is 27.7 Å². The van der Waals surface area contributed by atoms with Crippen LogP contribution in [0.25, 0.3) is 0 Å². The summed E-state index contributed by atoms with van der Waals surface area (Å²) < 4.78 is 4.94. The Labute approximate surface area is 100 Å². The van der Waals surface area contributed by atoms with E-state index in [1.165, 1.54) is 6.92 Å². The Kier molecular flexibility index (Phi) is 4.20. The van der Waals surface area contributed by atoms with E-state index in [1.54, 1.807) is 26.8 Å². The van der Waals surface area contributed by atoms with Crippen molar-refractivity contribution >= 4 is 17.7 Å². The number of anilines is 1. The summed E-state index contributed by atoms with van der Waals surface area (Å²) in [4.78, 5) is 27.0. The maximum absolute atomic E-state index is 11.8. The molecule has 1 amide bonds. The standard InChI is InChI=1S/C12H16N2O3/c1-5-17-12(16)10-7(2)6-8(3)13-11(10)14-9(4)15/h6H,5H2,1-4H3,(H,13,14,15). The molecule has 0 atom stereocenters. The minimum absolute atomic E-state index is 0.258. The topological polar surface area (TPSA) is 68.3 Å². The van der Waals surface area contributed by atoms with Gasteiger partial charge in [0.15, 0.2) is 0 Å². The highest BCUT2D eigenvalue weighted by atomic mass is 16.5. The zero-order valence-electron chi connectivity index (χ0n) is 10.5. The highest BCUT2D eigenvalue weighted by Gasteiger charge is 2.18. The lowest BCUT2D eigenvalue weighted by molar-refractivity contribution is -0.114. The molecule has 1 N–H and O–H groups in total. The van der Waals surface area contributed by atoms with E-state index >= 15 is 0 Å². The lowest BCUT2D eigenvalue weighted by Crippen LogP contribution is -2.16. The van der Waals surface area contributed by atoms with E-state index in [2.05, 4.69) is 10.3 Å². The van der Waals surface area contributed by atoms with Crippen molar-refractivity contribution in [3.8, 4) is 0 Å². The predicted octanol–water partition coefficient (Wildman–Crippen LogP) is 1.83. The predicted molar refractivity (Wildman–Crippen MR) is 64.0 cm³/mol. The van der Waals surface area contributed by atoms with Crippen LogP contribution in [-0.2, 0) is 9.53 Å². The number of rotatable bonds is 3. The van der Waals surface area contributed by atoms with Crippen molar-refractivity contribution in [3.63, 3.8) is 0 Å². The lowest BCUT2D eigenvalue weighted by Gasteiger charge is -2.11. The number of hydrogen-bond donors (Lipinski definition) is 1. The average molecular weight is 236 g/mol. The number of hydrogen-bond acceptors (Lipinski definition) is 4. The Morgan fingerprint density at radius 3 is 2.59 bits per heavy atom. The molecule has 1 aromatic heterocycles. The van der Waals surface area contributed by atoms with E-state index in [4.69, 9.17) is 4.74 Å². The van der Waals surface area contributed by atoms with Gasteiger partial charge >= 0.3 is 5.97 Å². The maximum Gasteiger partial charge on any atom is 0.342 e. The van der Waals surface area contributed by atoms with Gasteiger partial charge < -0.3 is 10.1 Å². The van der Waals surface area contributed by atoms with Crippen LogP contribution in [0.3, 0.4) is 0 Å². The molecule has 5 nitrogen and oxygen atoms in total. The first-order valence-corrected chi connectivity index (χ1v) is 5.38. The molecule has 0 spiro atoms. The molecule has 0 aromatic carbocycles. The van der Waals surface area contributed by atoms with Gasteiger partial charge in [-0.05, 0) is 32.4 Å². The van der Waals surface area contributed by atoms with Gasteiger partial charge in [0.05, 0.1) is 6.61 Å². The summed E-state index contributed by atoms with van der Waals surface area (Å²) in [5, 5.41) is 2.54. The molecule has 17 heavy (non-hydrogen) atoms. The molecule has 0 bridgehead atoms. The highest BCUT2D eigenvalue weighted by molar-refractivity contribution is 6.00. The first kappa shape index (κ1) is 13.2. The molecule has 0 aliphatic heterocycles. The third kappa shape index (κ3) is 3.27. The summed E-state index contributed by atoms with van der Waals surface area (Å²) in [6.45, 7) is 6.96. The number of nitrogens with zero attached hydrogens (tertiary/aromatic N) is 1. The molecule has 1 heterocycles. The molecule has 0 radical (unpaired) electrons. The second-order valence-electron chi connectivity index (χ2n) is 3.71. The van der Waals surface area contributed by atoms with Crippen molar-refractivity contribution in [3.05, 3.63) is 22.9 Å². The maximum atomic E-state index is 11.8. The van der Waals surface area contributed by atoms with Crippen LogP contribution < -0.4 is 5.32 Å². The van der Waals surface area contributed by atoms with Crippen LogP contribution in [0.5, 0.6) is 0 Å². The molecule has 5 heteroatoms. The van der Waals surface area contributed by atoms with Gasteiger partial charge in [0.1, 0.15) is 11.4 Å². The molecule has 92 valence electrons. The number of esters is 1. The van der Waals surface area contributed by atoms with E-state index in [1.807, 2.05) is 0 Å². The van der Waals surface area contributed by atoms with E-state index in [0.717, 1.165) is 11.3 Å². The van der Waals surface area contributed by atoms with Crippen LogP contribution in [0.4, 0.5) is 5.82 Å². The van der Waals surface area contributed by atoms with E-state index in [0.29, 0.717) is 5.56 Å². The van der Waals surface area contributed by atoms with Gasteiger partial charge in [-0.2, -0.15) is 0 Å². The van der Waals surface area contributed by atoms with Gasteiger partial charge in [-0.3, -0.25) is 4.79 Å². The molecule has 0 saturated carbocycles. The normalized spacial score (nSPS) is 9.88. The van der Waals surface area contributed by atoms with Crippen LogP contribution in [0.2, 0.25) is 0 Å². The number of ether oxygens (including phenoxy) is 1. The molecule has 1 rings (SSSR count). The Balaban J connectivity index is 3.24. The third-order valence-electron chi connectivity index (χ3n) is 2.12. The number of carbonyl (C=O) groups is 2. The van der Waals surface area contributed by atoms with E-state index in [9.17, 15) is 9.59 Å². The summed E-state index contributed by atoms with van der Waals surface area (Å²) in [5.74, 6) is -0.484. The van der Waals surface area contributed by atoms with Crippen LogP contribution in [-0.4, -0.2) is 23.5 Å². The molecule has 0 aliphatic carbocycles. The van der Waals surface area contributed by atoms with Crippen molar-refractivity contribution in [2.24, 2.45) is 0 Å². The first-order valence-electron chi connectivity index (χ1n) is 5.38. The van der Waals surface area contributed by atoms with Crippen molar-refractivity contribution < 1.29 is 14.3 Å². The number of carbonyl (C=O) groups excluding carboxylic acids is 2. The summed E-state index contributed by atoms with van der Waals surface area (Å²) in [6, 6.07) is 1.78. The molecule has 0 saturated heterocycles. The zero-order chi connectivity index (χ0) is 13.0. The highest BCUT2D eigenvalue weighted by Crippen LogP contribution is 2.19. The van der Waals surface area contributed by atoms with Crippen LogP contribution in [0.15, 0.2) is 6.07 Å². The minimum atomic E-state index is -0.471. The average Bonchev–Trinajstić information content (AvgIpc) is 2.15. The van der Waals surface area contributed by atoms with Crippen LogP contribution in [0.1, 0.15) is 35.5 Å². The summed E-state index contributed by atoms with van der Waals surface area (Å²) in [5.41, 5.74) is 1.78. The Bertz CT molecular complexity index is 455. The fourth-order valence-corrected chi connectivity index (χ4v) is 1.55. The van der Waals surface area contributed by atoms with Crippen LogP contribution in [0, 0.1) is 13.8 Å². The van der Waals surface area contributed by atoms with E-state index in [-0.39, 0.29) is 18.3 Å². The summed E-state index contributed by atoms with van der Waals surface area (Å²) in [7, 11) is 0. The van der Waals surface area contributed by atoms with Crippen molar-refractivity contribution in [1.82, 2.24) is 4.98 Å². The summed E-state index contributed by atoms with van der Waals surface area (Å²) >= 11 is 0. The van der Waals surface area contributed by atoms with Gasteiger partial charge in [-0.25, -0.2) is 9.78 Å². The SMILES string of the molecule is CCOC(=O)c1c(C)cc(C)nc1NC(C)=O. The number of aromatic nitrogens is 1. The van der Waals surface area contributed by atoms with E-state index < -0.39 is 5.97 Å². The minimum Gasteiger partial charge on any atom is -0.462 e. The molecule has 0 fully saturated rings. The quantitative estimate of drug-likeness (QED) is 0.813. The third-order valence-corrected chi connectivity index (χ3v) is 2.12. The number of amides is 1. The van der Waals surface area contributed by atoms with Crippen molar-refractivity contribution in [1.29, 1.82) is 0 Å². The fourth-order valence-electron chi connectivity index (χ4n) is 1.55. The smallest absolute Gasteiger partial charge is 0.342 e. The monoisotopic (exact) mass is 236 g/mol. The Hall–Kier alpha value is -1.91.